The highest BCUT2D eigenvalue weighted by atomic mass is 16.7. The van der Waals surface area contributed by atoms with Crippen molar-refractivity contribution in [1.82, 2.24) is 0 Å². The lowest BCUT2D eigenvalue weighted by atomic mass is 9.81. The molecule has 2 saturated carbocycles. The number of ether oxygens (including phenoxy) is 4. The molecule has 0 aromatic heterocycles. The van der Waals surface area contributed by atoms with E-state index in [1.54, 1.807) is 0 Å². The standard InChI is InChI=1S/C21H36O4/c1-5-6-21(4,22-11-15-9-19-17(24-19)7-13(15)2)23-12-16-10-20-18(25-20)8-14(16)3/h13-20H,5-12H2,1-4H3. The summed E-state index contributed by atoms with van der Waals surface area (Å²) < 4.78 is 24.2. The van der Waals surface area contributed by atoms with Crippen LogP contribution in [0.25, 0.3) is 0 Å². The van der Waals surface area contributed by atoms with Crippen molar-refractivity contribution in [3.8, 4) is 0 Å². The highest BCUT2D eigenvalue weighted by molar-refractivity contribution is 4.95. The molecule has 0 aromatic rings. The van der Waals surface area contributed by atoms with Gasteiger partial charge in [-0.25, -0.2) is 0 Å². The molecule has 4 heteroatoms. The van der Waals surface area contributed by atoms with E-state index in [1.807, 2.05) is 0 Å². The van der Waals surface area contributed by atoms with Gasteiger partial charge in [-0.15, -0.1) is 0 Å². The largest absolute Gasteiger partial charge is 0.370 e. The summed E-state index contributed by atoms with van der Waals surface area (Å²) in [4.78, 5) is 0. The van der Waals surface area contributed by atoms with Crippen molar-refractivity contribution in [3.63, 3.8) is 0 Å². The average molecular weight is 353 g/mol. The molecule has 0 N–H and O–H groups in total. The summed E-state index contributed by atoms with van der Waals surface area (Å²) >= 11 is 0. The molecular weight excluding hydrogens is 316 g/mol. The molecule has 4 aliphatic rings. The minimum atomic E-state index is -0.448. The summed E-state index contributed by atoms with van der Waals surface area (Å²) in [5.74, 6) is 2.15. The van der Waals surface area contributed by atoms with Gasteiger partial charge < -0.3 is 18.9 Å². The van der Waals surface area contributed by atoms with Gasteiger partial charge in [-0.2, -0.15) is 0 Å². The molecule has 4 nitrogen and oxygen atoms in total. The predicted molar refractivity (Wildman–Crippen MR) is 96.3 cm³/mol. The topological polar surface area (TPSA) is 43.5 Å². The van der Waals surface area contributed by atoms with E-state index in [9.17, 15) is 0 Å². The Morgan fingerprint density at radius 1 is 0.800 bits per heavy atom. The average Bonchev–Trinajstić information content (AvgIpc) is 3.46. The predicted octanol–water partition coefficient (Wildman–Crippen LogP) is 4.16. The van der Waals surface area contributed by atoms with E-state index in [1.165, 1.54) is 12.8 Å². The molecule has 0 aromatic carbocycles. The van der Waals surface area contributed by atoms with Crippen LogP contribution in [0.2, 0.25) is 0 Å². The third-order valence-corrected chi connectivity index (χ3v) is 7.17. The lowest BCUT2D eigenvalue weighted by molar-refractivity contribution is -0.244. The minimum Gasteiger partial charge on any atom is -0.370 e. The second kappa shape index (κ2) is 7.10. The Hall–Kier alpha value is -0.160. The maximum Gasteiger partial charge on any atom is 0.165 e. The normalized spacial score (nSPS) is 47.5. The van der Waals surface area contributed by atoms with Crippen molar-refractivity contribution in [2.45, 2.75) is 96.4 Å². The van der Waals surface area contributed by atoms with Gasteiger partial charge in [-0.05, 0) is 56.3 Å². The molecule has 2 aliphatic carbocycles. The van der Waals surface area contributed by atoms with Crippen molar-refractivity contribution in [2.75, 3.05) is 13.2 Å². The second-order valence-electron chi connectivity index (χ2n) is 9.35. The van der Waals surface area contributed by atoms with Gasteiger partial charge in [-0.3, -0.25) is 0 Å². The fraction of sp³-hybridized carbons (Fsp3) is 1.00. The van der Waals surface area contributed by atoms with Crippen LogP contribution in [0.4, 0.5) is 0 Å². The van der Waals surface area contributed by atoms with E-state index in [2.05, 4.69) is 27.7 Å². The summed E-state index contributed by atoms with van der Waals surface area (Å²) in [6.07, 6.45) is 8.88. The Balaban J connectivity index is 1.27. The van der Waals surface area contributed by atoms with Gasteiger partial charge in [0.2, 0.25) is 0 Å². The summed E-state index contributed by atoms with van der Waals surface area (Å²) in [5, 5.41) is 0. The fourth-order valence-corrected chi connectivity index (χ4v) is 5.04. The van der Waals surface area contributed by atoms with Crippen molar-refractivity contribution in [2.24, 2.45) is 23.7 Å². The molecule has 0 radical (unpaired) electrons. The van der Waals surface area contributed by atoms with Gasteiger partial charge in [0.25, 0.3) is 0 Å². The van der Waals surface area contributed by atoms with E-state index >= 15 is 0 Å². The molecule has 2 saturated heterocycles. The fourth-order valence-electron chi connectivity index (χ4n) is 5.04. The van der Waals surface area contributed by atoms with E-state index in [0.29, 0.717) is 48.1 Å². The van der Waals surface area contributed by atoms with E-state index in [-0.39, 0.29) is 0 Å². The van der Waals surface area contributed by atoms with Gasteiger partial charge >= 0.3 is 0 Å². The molecule has 2 heterocycles. The minimum absolute atomic E-state index is 0.448. The third-order valence-electron chi connectivity index (χ3n) is 7.17. The molecule has 144 valence electrons. The number of fused-ring (bicyclic) bond motifs is 2. The quantitative estimate of drug-likeness (QED) is 0.486. The van der Waals surface area contributed by atoms with E-state index in [4.69, 9.17) is 18.9 Å². The molecule has 0 amide bonds. The van der Waals surface area contributed by atoms with Gasteiger partial charge in [0.05, 0.1) is 37.6 Å². The smallest absolute Gasteiger partial charge is 0.165 e. The van der Waals surface area contributed by atoms with Crippen molar-refractivity contribution >= 4 is 0 Å². The SMILES string of the molecule is CCCC(C)(OCC1CC2OC2CC1C)OCC1CC2OC2CC1C. The molecule has 0 bridgehead atoms. The Morgan fingerprint density at radius 2 is 1.24 bits per heavy atom. The van der Waals surface area contributed by atoms with Gasteiger partial charge in [0.15, 0.2) is 5.79 Å². The van der Waals surface area contributed by atoms with Gasteiger partial charge in [0, 0.05) is 6.42 Å². The number of hydrogen-bond acceptors (Lipinski definition) is 4. The summed E-state index contributed by atoms with van der Waals surface area (Å²) in [5.41, 5.74) is 0. The number of hydrogen-bond donors (Lipinski definition) is 0. The van der Waals surface area contributed by atoms with Crippen LogP contribution in [0, 0.1) is 23.7 Å². The highest BCUT2D eigenvalue weighted by Crippen LogP contribution is 2.44. The van der Waals surface area contributed by atoms with Crippen molar-refractivity contribution in [3.05, 3.63) is 0 Å². The first-order chi connectivity index (χ1) is 12.0. The maximum absolute atomic E-state index is 6.40. The Morgan fingerprint density at radius 3 is 1.68 bits per heavy atom. The van der Waals surface area contributed by atoms with Gasteiger partial charge in [0.1, 0.15) is 0 Å². The molecule has 4 rings (SSSR count). The van der Waals surface area contributed by atoms with Crippen LogP contribution in [0.1, 0.15) is 66.2 Å². The Labute approximate surface area is 152 Å². The number of rotatable bonds is 8. The molecule has 0 spiro atoms. The highest BCUT2D eigenvalue weighted by Gasteiger charge is 2.48. The van der Waals surface area contributed by atoms with Crippen LogP contribution < -0.4 is 0 Å². The first kappa shape index (κ1) is 18.2. The molecule has 2 aliphatic heterocycles. The Bertz CT molecular complexity index is 431. The molecule has 8 unspecified atom stereocenters. The zero-order valence-electron chi connectivity index (χ0n) is 16.4. The molecular formula is C21H36O4. The van der Waals surface area contributed by atoms with Crippen LogP contribution >= 0.6 is 0 Å². The molecule has 4 fully saturated rings. The third kappa shape index (κ3) is 4.23. The first-order valence-electron chi connectivity index (χ1n) is 10.6. The van der Waals surface area contributed by atoms with E-state index in [0.717, 1.165) is 38.9 Å². The summed E-state index contributed by atoms with van der Waals surface area (Å²) in [6, 6.07) is 0. The van der Waals surface area contributed by atoms with Crippen LogP contribution in [0.5, 0.6) is 0 Å². The van der Waals surface area contributed by atoms with Crippen LogP contribution in [0.15, 0.2) is 0 Å². The van der Waals surface area contributed by atoms with Crippen LogP contribution in [-0.4, -0.2) is 43.4 Å². The van der Waals surface area contributed by atoms with E-state index < -0.39 is 5.79 Å². The number of epoxide rings is 2. The zero-order chi connectivity index (χ0) is 17.6. The summed E-state index contributed by atoms with van der Waals surface area (Å²) in [6.45, 7) is 10.7. The maximum atomic E-state index is 6.40. The zero-order valence-corrected chi connectivity index (χ0v) is 16.4. The Kier molecular flexibility index (Phi) is 5.18. The lowest BCUT2D eigenvalue weighted by Crippen LogP contribution is -2.39. The second-order valence-corrected chi connectivity index (χ2v) is 9.35. The van der Waals surface area contributed by atoms with Gasteiger partial charge in [-0.1, -0.05) is 27.2 Å². The lowest BCUT2D eigenvalue weighted by Gasteiger charge is -2.36. The van der Waals surface area contributed by atoms with Crippen LogP contribution in [-0.2, 0) is 18.9 Å². The molecule has 8 atom stereocenters. The first-order valence-corrected chi connectivity index (χ1v) is 10.6. The summed E-state index contributed by atoms with van der Waals surface area (Å²) in [7, 11) is 0. The monoisotopic (exact) mass is 352 g/mol. The molecule has 25 heavy (non-hydrogen) atoms. The van der Waals surface area contributed by atoms with Crippen molar-refractivity contribution in [1.29, 1.82) is 0 Å². The van der Waals surface area contributed by atoms with Crippen molar-refractivity contribution < 1.29 is 18.9 Å². The van der Waals surface area contributed by atoms with Crippen LogP contribution in [0.3, 0.4) is 0 Å².